The molecule has 1 atom stereocenters. The van der Waals surface area contributed by atoms with Gasteiger partial charge in [-0.05, 0) is 13.0 Å². The van der Waals surface area contributed by atoms with Crippen molar-refractivity contribution in [1.29, 1.82) is 0 Å². The maximum atomic E-state index is 14.1. The van der Waals surface area contributed by atoms with Crippen LogP contribution in [0.25, 0.3) is 0 Å². The number of benzene rings is 1. The van der Waals surface area contributed by atoms with Crippen LogP contribution in [0, 0.1) is 5.82 Å². The zero-order valence-electron chi connectivity index (χ0n) is 14.4. The van der Waals surface area contributed by atoms with Gasteiger partial charge in [0.2, 0.25) is 5.91 Å². The molecule has 7 nitrogen and oxygen atoms in total. The van der Waals surface area contributed by atoms with Crippen LogP contribution in [0.3, 0.4) is 0 Å². The van der Waals surface area contributed by atoms with Crippen molar-refractivity contribution < 1.29 is 18.8 Å². The third-order valence-electron chi connectivity index (χ3n) is 4.31. The normalized spacial score (nSPS) is 19.6. The molecule has 1 aliphatic rings. The molecule has 1 aromatic carbocycles. The van der Waals surface area contributed by atoms with Gasteiger partial charge in [0.1, 0.15) is 11.4 Å². The quantitative estimate of drug-likeness (QED) is 0.830. The molecule has 26 heavy (non-hydrogen) atoms. The lowest BCUT2D eigenvalue weighted by atomic mass is 9.91. The number of halogens is 1. The summed E-state index contributed by atoms with van der Waals surface area (Å²) in [7, 11) is 1.59. The van der Waals surface area contributed by atoms with Crippen LogP contribution in [0.4, 0.5) is 14.3 Å². The van der Waals surface area contributed by atoms with E-state index in [0.29, 0.717) is 10.8 Å². The monoisotopic (exact) mass is 376 g/mol. The van der Waals surface area contributed by atoms with E-state index in [1.165, 1.54) is 48.3 Å². The summed E-state index contributed by atoms with van der Waals surface area (Å²) in [6.07, 6.45) is 0. The second kappa shape index (κ2) is 6.49. The minimum atomic E-state index is -1.47. The lowest BCUT2D eigenvalue weighted by Gasteiger charge is -2.22. The molecule has 1 N–H and O–H groups in total. The third-order valence-corrected chi connectivity index (χ3v) is 5.27. The summed E-state index contributed by atoms with van der Waals surface area (Å²) in [6, 6.07) is 5.22. The minimum absolute atomic E-state index is 0.0586. The Labute approximate surface area is 153 Å². The Balaban J connectivity index is 1.84. The Morgan fingerprint density at radius 3 is 2.73 bits per heavy atom. The van der Waals surface area contributed by atoms with Crippen LogP contribution in [0.2, 0.25) is 0 Å². The molecule has 4 amide bonds. The molecule has 1 fully saturated rings. The average Bonchev–Trinajstić information content (AvgIpc) is 3.14. The highest BCUT2D eigenvalue weighted by molar-refractivity contribution is 7.14. The Bertz CT molecular complexity index is 900. The molecule has 0 radical (unpaired) electrons. The lowest BCUT2D eigenvalue weighted by Crippen LogP contribution is -2.41. The minimum Gasteiger partial charge on any atom is -0.319 e. The number of thiazole rings is 1. The van der Waals surface area contributed by atoms with Crippen LogP contribution in [0.5, 0.6) is 0 Å². The number of hydrogen-bond acceptors (Lipinski definition) is 5. The molecule has 1 aromatic heterocycles. The van der Waals surface area contributed by atoms with Gasteiger partial charge in [-0.1, -0.05) is 18.2 Å². The standard InChI is InChI=1S/C17H17FN4O3S/c1-10(23)21(3)16-19-11(9-26-16)8-22-14(24)17(2,20-15(22)25)12-6-4-5-7-13(12)18/h4-7,9H,8H2,1-3H3,(H,20,25)/t17-/m1/s1. The van der Waals surface area contributed by atoms with Gasteiger partial charge < -0.3 is 5.32 Å². The summed E-state index contributed by atoms with van der Waals surface area (Å²) in [6.45, 7) is 2.83. The van der Waals surface area contributed by atoms with Gasteiger partial charge >= 0.3 is 6.03 Å². The Hall–Kier alpha value is -2.81. The maximum absolute atomic E-state index is 14.1. The summed E-state index contributed by atoms with van der Waals surface area (Å²) < 4.78 is 14.1. The van der Waals surface area contributed by atoms with Gasteiger partial charge in [-0.25, -0.2) is 14.2 Å². The summed E-state index contributed by atoms with van der Waals surface area (Å²) in [5.74, 6) is -1.29. The summed E-state index contributed by atoms with van der Waals surface area (Å²) in [4.78, 5) is 43.2. The Morgan fingerprint density at radius 2 is 2.08 bits per heavy atom. The highest BCUT2D eigenvalue weighted by atomic mass is 32.1. The zero-order valence-corrected chi connectivity index (χ0v) is 15.3. The zero-order chi connectivity index (χ0) is 19.1. The number of urea groups is 1. The molecule has 1 saturated heterocycles. The lowest BCUT2D eigenvalue weighted by molar-refractivity contribution is -0.131. The first kappa shape index (κ1) is 18.0. The van der Waals surface area contributed by atoms with E-state index in [1.807, 2.05) is 0 Å². The fraction of sp³-hybridized carbons (Fsp3) is 0.294. The van der Waals surface area contributed by atoms with Gasteiger partial charge in [0.05, 0.1) is 12.2 Å². The fourth-order valence-corrected chi connectivity index (χ4v) is 3.53. The molecule has 2 aromatic rings. The number of nitrogens with zero attached hydrogens (tertiary/aromatic N) is 3. The van der Waals surface area contributed by atoms with E-state index >= 15 is 0 Å². The molecular formula is C17H17FN4O3S. The molecule has 0 spiro atoms. The van der Waals surface area contributed by atoms with Crippen molar-refractivity contribution in [1.82, 2.24) is 15.2 Å². The highest BCUT2D eigenvalue weighted by Gasteiger charge is 2.50. The SMILES string of the molecule is CC(=O)N(C)c1nc(CN2C(=O)N[C@](C)(c3ccccc3F)C2=O)cs1. The first-order chi connectivity index (χ1) is 12.2. The first-order valence-electron chi connectivity index (χ1n) is 7.82. The van der Waals surface area contributed by atoms with E-state index in [9.17, 15) is 18.8 Å². The first-order valence-corrected chi connectivity index (χ1v) is 8.70. The summed E-state index contributed by atoms with van der Waals surface area (Å²) in [5.41, 5.74) is -0.896. The molecular weight excluding hydrogens is 359 g/mol. The second-order valence-corrected chi connectivity index (χ2v) is 6.96. The van der Waals surface area contributed by atoms with Crippen molar-refractivity contribution in [2.75, 3.05) is 11.9 Å². The summed E-state index contributed by atoms with van der Waals surface area (Å²) >= 11 is 1.23. The Kier molecular flexibility index (Phi) is 4.49. The smallest absolute Gasteiger partial charge is 0.319 e. The van der Waals surface area contributed by atoms with E-state index in [4.69, 9.17) is 0 Å². The summed E-state index contributed by atoms with van der Waals surface area (Å²) in [5, 5.41) is 4.71. The number of amides is 4. The van der Waals surface area contributed by atoms with Crippen LogP contribution >= 0.6 is 11.3 Å². The Morgan fingerprint density at radius 1 is 1.38 bits per heavy atom. The fourth-order valence-electron chi connectivity index (χ4n) is 2.71. The number of carbonyl (C=O) groups is 3. The third kappa shape index (κ3) is 2.94. The van der Waals surface area contributed by atoms with Crippen molar-refractivity contribution in [3.8, 4) is 0 Å². The van der Waals surface area contributed by atoms with Crippen LogP contribution in [0.15, 0.2) is 29.6 Å². The number of imide groups is 1. The second-order valence-electron chi connectivity index (χ2n) is 6.13. The number of nitrogens with one attached hydrogen (secondary N) is 1. The average molecular weight is 376 g/mol. The van der Waals surface area contributed by atoms with Crippen LogP contribution < -0.4 is 10.2 Å². The highest BCUT2D eigenvalue weighted by Crippen LogP contribution is 2.31. The van der Waals surface area contributed by atoms with Gasteiger partial charge in [0, 0.05) is 24.9 Å². The van der Waals surface area contributed by atoms with Crippen LogP contribution in [0.1, 0.15) is 25.1 Å². The number of rotatable bonds is 4. The molecule has 1 aliphatic heterocycles. The number of anilines is 1. The molecule has 0 unspecified atom stereocenters. The van der Waals surface area contributed by atoms with Crippen LogP contribution in [-0.2, 0) is 21.7 Å². The van der Waals surface area contributed by atoms with Crippen molar-refractivity contribution >= 4 is 34.3 Å². The van der Waals surface area contributed by atoms with Gasteiger partial charge in [0.15, 0.2) is 5.13 Å². The van der Waals surface area contributed by atoms with Crippen molar-refractivity contribution in [2.24, 2.45) is 0 Å². The van der Waals surface area contributed by atoms with E-state index in [-0.39, 0.29) is 18.0 Å². The van der Waals surface area contributed by atoms with E-state index in [1.54, 1.807) is 18.5 Å². The molecule has 136 valence electrons. The molecule has 0 saturated carbocycles. The molecule has 0 aliphatic carbocycles. The predicted molar refractivity (Wildman–Crippen MR) is 94.0 cm³/mol. The van der Waals surface area contributed by atoms with Gasteiger partial charge in [-0.2, -0.15) is 0 Å². The number of aromatic nitrogens is 1. The van der Waals surface area contributed by atoms with E-state index in [0.717, 1.165) is 4.90 Å². The molecule has 9 heteroatoms. The maximum Gasteiger partial charge on any atom is 0.325 e. The molecule has 3 rings (SSSR count). The van der Waals surface area contributed by atoms with Crippen molar-refractivity contribution in [2.45, 2.75) is 25.9 Å². The number of hydrogen-bond donors (Lipinski definition) is 1. The van der Waals surface area contributed by atoms with Crippen LogP contribution in [-0.4, -0.2) is 34.8 Å². The largest absolute Gasteiger partial charge is 0.325 e. The molecule has 0 bridgehead atoms. The van der Waals surface area contributed by atoms with Crippen molar-refractivity contribution in [3.05, 3.63) is 46.7 Å². The molecule has 2 heterocycles. The van der Waals surface area contributed by atoms with Gasteiger partial charge in [-0.3, -0.25) is 19.4 Å². The topological polar surface area (TPSA) is 82.6 Å². The van der Waals surface area contributed by atoms with Gasteiger partial charge in [0.25, 0.3) is 5.91 Å². The van der Waals surface area contributed by atoms with E-state index in [2.05, 4.69) is 10.3 Å². The van der Waals surface area contributed by atoms with Gasteiger partial charge in [-0.15, -0.1) is 11.3 Å². The number of carbonyl (C=O) groups excluding carboxylic acids is 3. The van der Waals surface area contributed by atoms with Crippen molar-refractivity contribution in [3.63, 3.8) is 0 Å². The predicted octanol–water partition coefficient (Wildman–Crippen LogP) is 2.23. The van der Waals surface area contributed by atoms with E-state index < -0.39 is 23.3 Å².